The maximum absolute atomic E-state index is 13.7. The molecule has 3 aromatic carbocycles. The predicted molar refractivity (Wildman–Crippen MR) is 139 cm³/mol. The molecule has 1 atom stereocenters. The molecule has 0 aliphatic rings. The SMILES string of the molecule is COc1ccc(C)cc1S(=O)(=O)N(CCc1ccccc1)CC(=O)N[C@H](C)CCc1ccccc1. The molecule has 0 saturated heterocycles. The first-order chi connectivity index (χ1) is 16.8. The zero-order chi connectivity index (χ0) is 25.3. The Kier molecular flexibility index (Phi) is 9.46. The third kappa shape index (κ3) is 7.67. The summed E-state index contributed by atoms with van der Waals surface area (Å²) in [5, 5.41) is 2.97. The summed E-state index contributed by atoms with van der Waals surface area (Å²) in [6, 6.07) is 24.7. The lowest BCUT2D eigenvalue weighted by Gasteiger charge is -2.24. The quantitative estimate of drug-likeness (QED) is 0.406. The van der Waals surface area contributed by atoms with Gasteiger partial charge < -0.3 is 10.1 Å². The van der Waals surface area contributed by atoms with E-state index in [1.165, 1.54) is 17.0 Å². The van der Waals surface area contributed by atoms with Crippen molar-refractivity contribution in [1.29, 1.82) is 0 Å². The summed E-state index contributed by atoms with van der Waals surface area (Å²) in [4.78, 5) is 13.0. The van der Waals surface area contributed by atoms with Crippen LogP contribution in [0.1, 0.15) is 30.0 Å². The van der Waals surface area contributed by atoms with E-state index >= 15 is 0 Å². The highest BCUT2D eigenvalue weighted by Crippen LogP contribution is 2.28. The van der Waals surface area contributed by atoms with Crippen molar-refractivity contribution in [3.63, 3.8) is 0 Å². The van der Waals surface area contributed by atoms with Gasteiger partial charge in [-0.25, -0.2) is 8.42 Å². The topological polar surface area (TPSA) is 75.7 Å². The Bertz CT molecular complexity index is 1200. The minimum atomic E-state index is -3.98. The highest BCUT2D eigenvalue weighted by atomic mass is 32.2. The summed E-state index contributed by atoms with van der Waals surface area (Å²) in [5.41, 5.74) is 3.00. The predicted octanol–water partition coefficient (Wildman–Crippen LogP) is 4.37. The molecule has 0 radical (unpaired) electrons. The normalized spacial score (nSPS) is 12.3. The monoisotopic (exact) mass is 494 g/mol. The summed E-state index contributed by atoms with van der Waals surface area (Å²) in [6.45, 7) is 3.68. The number of nitrogens with one attached hydrogen (secondary N) is 1. The van der Waals surface area contributed by atoms with E-state index in [9.17, 15) is 13.2 Å². The summed E-state index contributed by atoms with van der Waals surface area (Å²) >= 11 is 0. The molecule has 0 aromatic heterocycles. The molecule has 0 spiro atoms. The number of benzene rings is 3. The van der Waals surface area contributed by atoms with E-state index in [0.29, 0.717) is 6.42 Å². The summed E-state index contributed by atoms with van der Waals surface area (Å²) in [7, 11) is -2.53. The van der Waals surface area contributed by atoms with Crippen LogP contribution >= 0.6 is 0 Å². The van der Waals surface area contributed by atoms with Crippen LogP contribution in [0.4, 0.5) is 0 Å². The van der Waals surface area contributed by atoms with Crippen LogP contribution < -0.4 is 10.1 Å². The number of hydrogen-bond donors (Lipinski definition) is 1. The van der Waals surface area contributed by atoms with Crippen LogP contribution in [0.25, 0.3) is 0 Å². The lowest BCUT2D eigenvalue weighted by Crippen LogP contribution is -2.44. The number of nitrogens with zero attached hydrogens (tertiary/aromatic N) is 1. The fourth-order valence-corrected chi connectivity index (χ4v) is 5.53. The van der Waals surface area contributed by atoms with Crippen LogP contribution in [0.2, 0.25) is 0 Å². The third-order valence-electron chi connectivity index (χ3n) is 5.87. The molecule has 1 N–H and O–H groups in total. The molecule has 6 nitrogen and oxygen atoms in total. The molecule has 35 heavy (non-hydrogen) atoms. The fraction of sp³-hybridized carbons (Fsp3) is 0.321. The molecule has 0 fully saturated rings. The van der Waals surface area contributed by atoms with Crippen molar-refractivity contribution >= 4 is 15.9 Å². The first kappa shape index (κ1) is 26.4. The molecule has 0 aliphatic carbocycles. The van der Waals surface area contributed by atoms with Crippen molar-refractivity contribution in [3.05, 3.63) is 95.6 Å². The largest absolute Gasteiger partial charge is 0.495 e. The van der Waals surface area contributed by atoms with Crippen LogP contribution in [0.15, 0.2) is 83.8 Å². The molecule has 0 bridgehead atoms. The van der Waals surface area contributed by atoms with E-state index < -0.39 is 10.0 Å². The van der Waals surface area contributed by atoms with Crippen LogP contribution in [0.3, 0.4) is 0 Å². The Labute approximate surface area is 209 Å². The second kappa shape index (κ2) is 12.5. The van der Waals surface area contributed by atoms with E-state index in [1.807, 2.05) is 62.4 Å². The number of ether oxygens (including phenoxy) is 1. The van der Waals surface area contributed by atoms with Crippen molar-refractivity contribution in [3.8, 4) is 5.75 Å². The molecule has 186 valence electrons. The number of sulfonamides is 1. The second-order valence-corrected chi connectivity index (χ2v) is 10.6. The zero-order valence-corrected chi connectivity index (χ0v) is 21.4. The molecule has 3 aromatic rings. The molecular weight excluding hydrogens is 460 g/mol. The van der Waals surface area contributed by atoms with Crippen LogP contribution in [-0.4, -0.2) is 44.9 Å². The number of aryl methyl sites for hydroxylation is 2. The Balaban J connectivity index is 1.75. The van der Waals surface area contributed by atoms with Gasteiger partial charge in [-0.3, -0.25) is 4.79 Å². The molecule has 0 heterocycles. The number of amides is 1. The Morgan fingerprint density at radius 3 is 2.14 bits per heavy atom. The second-order valence-electron chi connectivity index (χ2n) is 8.72. The van der Waals surface area contributed by atoms with Gasteiger partial charge in [0.2, 0.25) is 15.9 Å². The van der Waals surface area contributed by atoms with Crippen molar-refractivity contribution in [2.24, 2.45) is 0 Å². The number of rotatable bonds is 12. The number of carbonyl (C=O) groups is 1. The van der Waals surface area contributed by atoms with Gasteiger partial charge in [0.05, 0.1) is 13.7 Å². The van der Waals surface area contributed by atoms with Gasteiger partial charge in [0.15, 0.2) is 0 Å². The van der Waals surface area contributed by atoms with Crippen molar-refractivity contribution in [2.75, 3.05) is 20.2 Å². The summed E-state index contributed by atoms with van der Waals surface area (Å²) in [5.74, 6) is -0.0641. The van der Waals surface area contributed by atoms with Gasteiger partial charge in [0.25, 0.3) is 0 Å². The molecule has 1 amide bonds. The minimum absolute atomic E-state index is 0.0676. The Morgan fingerprint density at radius 1 is 0.943 bits per heavy atom. The van der Waals surface area contributed by atoms with Crippen LogP contribution in [0, 0.1) is 6.92 Å². The molecule has 0 saturated carbocycles. The lowest BCUT2D eigenvalue weighted by atomic mass is 10.1. The Hall–Kier alpha value is -3.16. The van der Waals surface area contributed by atoms with E-state index in [2.05, 4.69) is 17.4 Å². The van der Waals surface area contributed by atoms with Crippen molar-refractivity contribution in [2.45, 2.75) is 44.0 Å². The standard InChI is InChI=1S/C28H34N2O4S/c1-22-14-17-26(34-3)27(20-22)35(32,33)30(19-18-25-12-8-5-9-13-25)21-28(31)29-23(2)15-16-24-10-6-4-7-11-24/h4-14,17,20,23H,15-16,18-19,21H2,1-3H3,(H,29,31)/t23-/m1/s1. The van der Waals surface area contributed by atoms with Gasteiger partial charge in [0.1, 0.15) is 10.6 Å². The molecule has 3 rings (SSSR count). The highest BCUT2D eigenvalue weighted by molar-refractivity contribution is 7.89. The lowest BCUT2D eigenvalue weighted by molar-refractivity contribution is -0.121. The van der Waals surface area contributed by atoms with E-state index in [4.69, 9.17) is 4.74 Å². The van der Waals surface area contributed by atoms with Gasteiger partial charge in [-0.05, 0) is 61.9 Å². The van der Waals surface area contributed by atoms with Crippen molar-refractivity contribution < 1.29 is 17.9 Å². The summed E-state index contributed by atoms with van der Waals surface area (Å²) in [6.07, 6.45) is 2.09. The minimum Gasteiger partial charge on any atom is -0.495 e. The molecule has 0 unspecified atom stereocenters. The van der Waals surface area contributed by atoms with E-state index in [-0.39, 0.29) is 35.7 Å². The Morgan fingerprint density at radius 2 is 1.54 bits per heavy atom. The third-order valence-corrected chi connectivity index (χ3v) is 7.73. The van der Waals surface area contributed by atoms with Crippen LogP contribution in [-0.2, 0) is 27.7 Å². The summed E-state index contributed by atoms with van der Waals surface area (Å²) < 4.78 is 34.0. The van der Waals surface area contributed by atoms with E-state index in [0.717, 1.165) is 24.0 Å². The van der Waals surface area contributed by atoms with Crippen LogP contribution in [0.5, 0.6) is 5.75 Å². The van der Waals surface area contributed by atoms with E-state index in [1.54, 1.807) is 18.2 Å². The zero-order valence-electron chi connectivity index (χ0n) is 20.6. The highest BCUT2D eigenvalue weighted by Gasteiger charge is 2.30. The molecule has 0 aliphatic heterocycles. The fourth-order valence-electron chi connectivity index (χ4n) is 3.89. The number of hydrogen-bond acceptors (Lipinski definition) is 4. The first-order valence-electron chi connectivity index (χ1n) is 11.8. The van der Waals surface area contributed by atoms with Gasteiger partial charge >= 0.3 is 0 Å². The molecular formula is C28H34N2O4S. The average Bonchev–Trinajstić information content (AvgIpc) is 2.86. The van der Waals surface area contributed by atoms with Gasteiger partial charge in [-0.2, -0.15) is 4.31 Å². The first-order valence-corrected chi connectivity index (χ1v) is 13.3. The van der Waals surface area contributed by atoms with Gasteiger partial charge in [0, 0.05) is 12.6 Å². The van der Waals surface area contributed by atoms with Gasteiger partial charge in [-0.15, -0.1) is 0 Å². The maximum atomic E-state index is 13.7. The number of carbonyl (C=O) groups excluding carboxylic acids is 1. The van der Waals surface area contributed by atoms with Crippen molar-refractivity contribution in [1.82, 2.24) is 9.62 Å². The number of methoxy groups -OCH3 is 1. The smallest absolute Gasteiger partial charge is 0.247 e. The van der Waals surface area contributed by atoms with Gasteiger partial charge in [-0.1, -0.05) is 66.7 Å². The molecule has 7 heteroatoms. The maximum Gasteiger partial charge on any atom is 0.247 e. The average molecular weight is 495 g/mol.